The van der Waals surface area contributed by atoms with E-state index in [1.54, 1.807) is 0 Å². The summed E-state index contributed by atoms with van der Waals surface area (Å²) in [5, 5.41) is 15.1. The van der Waals surface area contributed by atoms with E-state index >= 15 is 0 Å². The molecule has 24 heavy (non-hydrogen) atoms. The second-order valence-electron chi connectivity index (χ2n) is 7.72. The Bertz CT molecular complexity index is 443. The maximum Gasteiger partial charge on any atom is 0.308 e. The summed E-state index contributed by atoms with van der Waals surface area (Å²) < 4.78 is 0. The second-order valence-corrected chi connectivity index (χ2v) is 7.72. The summed E-state index contributed by atoms with van der Waals surface area (Å²) in [6, 6.07) is -0.278. The molecule has 0 spiro atoms. The molecule has 0 radical (unpaired) electrons. The van der Waals surface area contributed by atoms with Crippen molar-refractivity contribution in [3.63, 3.8) is 0 Å². The van der Waals surface area contributed by atoms with E-state index in [1.807, 2.05) is 20.8 Å². The molecule has 0 saturated heterocycles. The van der Waals surface area contributed by atoms with Crippen LogP contribution in [0.15, 0.2) is 0 Å². The molecule has 0 bridgehead atoms. The molecule has 1 saturated carbocycles. The van der Waals surface area contributed by atoms with E-state index in [0.717, 1.165) is 32.1 Å². The van der Waals surface area contributed by atoms with E-state index in [1.165, 1.54) is 0 Å². The van der Waals surface area contributed by atoms with Gasteiger partial charge in [0.1, 0.15) is 0 Å². The number of aliphatic carboxylic acids is 1. The van der Waals surface area contributed by atoms with Gasteiger partial charge in [0.05, 0.1) is 5.92 Å². The normalized spacial score (nSPS) is 22.1. The quantitative estimate of drug-likeness (QED) is 0.647. The van der Waals surface area contributed by atoms with Crippen molar-refractivity contribution in [1.29, 1.82) is 0 Å². The van der Waals surface area contributed by atoms with Crippen molar-refractivity contribution in [1.82, 2.24) is 10.6 Å². The number of nitrogens with one attached hydrogen (secondary N) is 2. The molecular weight excluding hydrogens is 308 g/mol. The van der Waals surface area contributed by atoms with Gasteiger partial charge < -0.3 is 15.7 Å². The van der Waals surface area contributed by atoms with Crippen LogP contribution in [0.25, 0.3) is 0 Å². The van der Waals surface area contributed by atoms with E-state index in [2.05, 4.69) is 10.6 Å². The number of carbonyl (C=O) groups is 3. The monoisotopic (exact) mass is 340 g/mol. The maximum atomic E-state index is 12.1. The molecule has 0 aromatic heterocycles. The lowest BCUT2D eigenvalue weighted by atomic mass is 9.86. The van der Waals surface area contributed by atoms with Crippen molar-refractivity contribution in [2.75, 3.05) is 6.54 Å². The highest BCUT2D eigenvalue weighted by molar-refractivity contribution is 5.81. The molecule has 1 rings (SSSR count). The summed E-state index contributed by atoms with van der Waals surface area (Å²) in [5.41, 5.74) is -0.435. The topological polar surface area (TPSA) is 95.5 Å². The van der Waals surface area contributed by atoms with E-state index in [0.29, 0.717) is 25.8 Å². The number of carbonyl (C=O) groups excluding carboxylic acids is 2. The van der Waals surface area contributed by atoms with Gasteiger partial charge in [-0.05, 0) is 19.3 Å². The van der Waals surface area contributed by atoms with Gasteiger partial charge in [-0.3, -0.25) is 14.4 Å². The minimum absolute atomic E-state index is 0.0335. The molecule has 2 unspecified atom stereocenters. The van der Waals surface area contributed by atoms with Gasteiger partial charge in [-0.15, -0.1) is 0 Å². The maximum absolute atomic E-state index is 12.1. The van der Waals surface area contributed by atoms with Crippen LogP contribution in [0.2, 0.25) is 0 Å². The van der Waals surface area contributed by atoms with Crippen LogP contribution in [0, 0.1) is 11.3 Å². The van der Waals surface area contributed by atoms with Crippen LogP contribution in [0.5, 0.6) is 0 Å². The van der Waals surface area contributed by atoms with Crippen molar-refractivity contribution in [2.45, 2.75) is 78.2 Å². The lowest BCUT2D eigenvalue weighted by molar-refractivity contribution is -0.143. The Morgan fingerprint density at radius 3 is 2.25 bits per heavy atom. The van der Waals surface area contributed by atoms with Crippen LogP contribution >= 0.6 is 0 Å². The van der Waals surface area contributed by atoms with Gasteiger partial charge in [0.15, 0.2) is 0 Å². The summed E-state index contributed by atoms with van der Waals surface area (Å²) in [6.45, 7) is 5.98. The van der Waals surface area contributed by atoms with Crippen LogP contribution in [-0.4, -0.2) is 35.5 Å². The highest BCUT2D eigenvalue weighted by Gasteiger charge is 2.29. The van der Waals surface area contributed by atoms with Crippen LogP contribution in [0.4, 0.5) is 0 Å². The minimum Gasteiger partial charge on any atom is -0.481 e. The number of hydrogen-bond acceptors (Lipinski definition) is 3. The van der Waals surface area contributed by atoms with Gasteiger partial charge in [0.25, 0.3) is 0 Å². The van der Waals surface area contributed by atoms with Crippen molar-refractivity contribution < 1.29 is 19.5 Å². The Morgan fingerprint density at radius 2 is 1.67 bits per heavy atom. The molecule has 138 valence electrons. The average Bonchev–Trinajstić information content (AvgIpc) is 2.44. The Morgan fingerprint density at radius 1 is 1.04 bits per heavy atom. The minimum atomic E-state index is -0.820. The zero-order chi connectivity index (χ0) is 18.2. The average molecular weight is 340 g/mol. The lowest BCUT2D eigenvalue weighted by Crippen LogP contribution is -2.44. The van der Waals surface area contributed by atoms with Gasteiger partial charge >= 0.3 is 5.97 Å². The van der Waals surface area contributed by atoms with Gasteiger partial charge in [-0.1, -0.05) is 46.5 Å². The third-order valence-corrected chi connectivity index (χ3v) is 4.48. The van der Waals surface area contributed by atoms with Crippen LogP contribution in [-0.2, 0) is 14.4 Å². The number of amides is 2. The zero-order valence-electron chi connectivity index (χ0n) is 15.2. The summed E-state index contributed by atoms with van der Waals surface area (Å²) in [6.07, 6.45) is 6.23. The Balaban J connectivity index is 2.38. The van der Waals surface area contributed by atoms with Crippen molar-refractivity contribution in [3.05, 3.63) is 0 Å². The molecule has 0 heterocycles. The van der Waals surface area contributed by atoms with E-state index in [-0.39, 0.29) is 17.9 Å². The first-order valence-electron chi connectivity index (χ1n) is 9.02. The highest BCUT2D eigenvalue weighted by Crippen LogP contribution is 2.23. The summed E-state index contributed by atoms with van der Waals surface area (Å²) in [5.74, 6) is -1.47. The fourth-order valence-corrected chi connectivity index (χ4v) is 2.95. The van der Waals surface area contributed by atoms with Crippen LogP contribution in [0.3, 0.4) is 0 Å². The molecule has 3 N–H and O–H groups in total. The smallest absolute Gasteiger partial charge is 0.308 e. The van der Waals surface area contributed by atoms with Gasteiger partial charge in [0.2, 0.25) is 11.8 Å². The molecule has 2 atom stereocenters. The molecule has 1 fully saturated rings. The van der Waals surface area contributed by atoms with Crippen molar-refractivity contribution in [2.24, 2.45) is 11.3 Å². The predicted octanol–water partition coefficient (Wildman–Crippen LogP) is 2.47. The molecular formula is C18H32N2O4. The third kappa shape index (κ3) is 7.32. The van der Waals surface area contributed by atoms with Gasteiger partial charge in [-0.25, -0.2) is 0 Å². The number of carboxylic acids is 1. The summed E-state index contributed by atoms with van der Waals surface area (Å²) >= 11 is 0. The highest BCUT2D eigenvalue weighted by atomic mass is 16.4. The Hall–Kier alpha value is -1.59. The summed E-state index contributed by atoms with van der Waals surface area (Å²) in [4.78, 5) is 35.3. The molecule has 0 aliphatic heterocycles. The molecule has 0 aromatic carbocycles. The zero-order valence-corrected chi connectivity index (χ0v) is 15.2. The number of carboxylic acid groups (broad SMARTS) is 1. The van der Waals surface area contributed by atoms with Crippen molar-refractivity contribution in [3.8, 4) is 0 Å². The molecule has 6 nitrogen and oxygen atoms in total. The standard InChI is InChI=1S/C18H32N2O4/c1-18(2,3)17(24)19-12-8-11-15(21)20-14-10-7-5-4-6-9-13(14)16(22)23/h13-14H,4-12H2,1-3H3,(H,19,24)(H,20,21)(H,22,23). The molecule has 1 aliphatic carbocycles. The largest absolute Gasteiger partial charge is 0.481 e. The summed E-state index contributed by atoms with van der Waals surface area (Å²) in [7, 11) is 0. The molecule has 0 aromatic rings. The van der Waals surface area contributed by atoms with E-state index in [9.17, 15) is 19.5 Å². The third-order valence-electron chi connectivity index (χ3n) is 4.48. The molecule has 2 amide bonds. The predicted molar refractivity (Wildman–Crippen MR) is 92.5 cm³/mol. The lowest BCUT2D eigenvalue weighted by Gasteiger charge is -2.27. The Kier molecular flexibility index (Phi) is 8.22. The van der Waals surface area contributed by atoms with Crippen LogP contribution in [0.1, 0.15) is 72.1 Å². The second kappa shape index (κ2) is 9.64. The fourth-order valence-electron chi connectivity index (χ4n) is 2.95. The SMILES string of the molecule is CC(C)(C)C(=O)NCCCC(=O)NC1CCCCCCC1C(=O)O. The number of rotatable bonds is 6. The Labute approximate surface area is 144 Å². The van der Waals surface area contributed by atoms with E-state index < -0.39 is 17.3 Å². The number of hydrogen-bond donors (Lipinski definition) is 3. The fraction of sp³-hybridized carbons (Fsp3) is 0.833. The molecule has 1 aliphatic rings. The van der Waals surface area contributed by atoms with Crippen LogP contribution < -0.4 is 10.6 Å². The first-order chi connectivity index (χ1) is 11.2. The first kappa shape index (κ1) is 20.5. The van der Waals surface area contributed by atoms with Gasteiger partial charge in [0, 0.05) is 24.4 Å². The van der Waals surface area contributed by atoms with E-state index in [4.69, 9.17) is 0 Å². The van der Waals surface area contributed by atoms with Gasteiger partial charge in [-0.2, -0.15) is 0 Å². The first-order valence-corrected chi connectivity index (χ1v) is 9.02. The molecule has 6 heteroatoms. The van der Waals surface area contributed by atoms with Crippen molar-refractivity contribution >= 4 is 17.8 Å².